The van der Waals surface area contributed by atoms with Crippen molar-refractivity contribution in [2.75, 3.05) is 0 Å². The Kier molecular flexibility index (Phi) is 3.19. The summed E-state index contributed by atoms with van der Waals surface area (Å²) < 4.78 is 1.89. The Balaban J connectivity index is 2.68. The quantitative estimate of drug-likeness (QED) is 0.733. The highest BCUT2D eigenvalue weighted by molar-refractivity contribution is 5.83. The van der Waals surface area contributed by atoms with Crippen LogP contribution in [-0.2, 0) is 17.8 Å². The maximum atomic E-state index is 11.2. The fourth-order valence-corrected chi connectivity index (χ4v) is 1.10. The number of hydrogen-bond donors (Lipinski definition) is 1. The van der Waals surface area contributed by atoms with E-state index in [1.54, 1.807) is 6.20 Å². The number of aliphatic hydroxyl groups is 1. The molecule has 0 radical (unpaired) electrons. The van der Waals surface area contributed by atoms with Crippen molar-refractivity contribution in [3.8, 4) is 0 Å². The Morgan fingerprint density at radius 1 is 1.77 bits per heavy atom. The summed E-state index contributed by atoms with van der Waals surface area (Å²) in [6, 6.07) is 0. The molecule has 0 aromatic carbocycles. The first kappa shape index (κ1) is 9.92. The van der Waals surface area contributed by atoms with E-state index in [1.165, 1.54) is 6.92 Å². The maximum absolute atomic E-state index is 11.2. The van der Waals surface area contributed by atoms with Crippen molar-refractivity contribution in [1.29, 1.82) is 0 Å². The highest BCUT2D eigenvalue weighted by Crippen LogP contribution is 2.00. The van der Waals surface area contributed by atoms with E-state index >= 15 is 0 Å². The molecule has 1 unspecified atom stereocenters. The molecule has 1 rings (SSSR count). The lowest BCUT2D eigenvalue weighted by molar-refractivity contribution is -0.125. The van der Waals surface area contributed by atoms with Gasteiger partial charge in [-0.25, -0.2) is 4.98 Å². The summed E-state index contributed by atoms with van der Waals surface area (Å²) in [6.45, 7) is 4.25. The molecule has 0 amide bonds. The van der Waals surface area contributed by atoms with Crippen molar-refractivity contribution in [1.82, 2.24) is 9.55 Å². The molecule has 4 nitrogen and oxygen atoms in total. The van der Waals surface area contributed by atoms with Crippen molar-refractivity contribution in [3.05, 3.63) is 18.2 Å². The van der Waals surface area contributed by atoms with Crippen LogP contribution < -0.4 is 0 Å². The van der Waals surface area contributed by atoms with Gasteiger partial charge in [0.1, 0.15) is 11.9 Å². The average molecular weight is 182 g/mol. The van der Waals surface area contributed by atoms with Gasteiger partial charge in [-0.05, 0) is 13.8 Å². The van der Waals surface area contributed by atoms with Crippen LogP contribution in [0.5, 0.6) is 0 Å². The molecule has 13 heavy (non-hydrogen) atoms. The highest BCUT2D eigenvalue weighted by atomic mass is 16.3. The molecule has 1 aromatic rings. The predicted octanol–water partition coefficient (Wildman–Crippen LogP) is 0.395. The number of nitrogens with zero attached hydrogens (tertiary/aromatic N) is 2. The Morgan fingerprint density at radius 2 is 2.46 bits per heavy atom. The zero-order valence-corrected chi connectivity index (χ0v) is 7.90. The minimum absolute atomic E-state index is 0.194. The van der Waals surface area contributed by atoms with Crippen LogP contribution in [0.15, 0.2) is 12.4 Å². The Morgan fingerprint density at radius 3 is 3.00 bits per heavy atom. The number of carbonyl (C=O) groups excluding carboxylic acids is 1. The summed E-state index contributed by atoms with van der Waals surface area (Å²) in [6.07, 6.45) is 2.79. The van der Waals surface area contributed by atoms with Gasteiger partial charge in [0.2, 0.25) is 0 Å². The molecule has 1 N–H and O–H groups in total. The van der Waals surface area contributed by atoms with Gasteiger partial charge in [0, 0.05) is 18.9 Å². The van der Waals surface area contributed by atoms with Gasteiger partial charge in [-0.1, -0.05) is 0 Å². The Bertz CT molecular complexity index is 292. The molecule has 0 spiro atoms. The molecule has 1 heterocycles. The summed E-state index contributed by atoms with van der Waals surface area (Å²) in [7, 11) is 0. The minimum Gasteiger partial charge on any atom is -0.386 e. The molecule has 0 saturated heterocycles. The zero-order valence-electron chi connectivity index (χ0n) is 7.90. The molecule has 0 bridgehead atoms. The van der Waals surface area contributed by atoms with Crippen molar-refractivity contribution in [3.63, 3.8) is 0 Å². The van der Waals surface area contributed by atoms with Gasteiger partial charge < -0.3 is 9.67 Å². The number of imidazole rings is 1. The van der Waals surface area contributed by atoms with E-state index in [4.69, 9.17) is 5.11 Å². The molecule has 4 heteroatoms. The van der Waals surface area contributed by atoms with Gasteiger partial charge in [0.05, 0.1) is 6.42 Å². The monoisotopic (exact) mass is 182 g/mol. The van der Waals surface area contributed by atoms with Crippen molar-refractivity contribution >= 4 is 5.78 Å². The zero-order chi connectivity index (χ0) is 9.84. The fraction of sp³-hybridized carbons (Fsp3) is 0.556. The van der Waals surface area contributed by atoms with Crippen LogP contribution in [0.3, 0.4) is 0 Å². The van der Waals surface area contributed by atoms with Gasteiger partial charge in [-0.15, -0.1) is 0 Å². The summed E-state index contributed by atoms with van der Waals surface area (Å²) in [5, 5.41) is 9.00. The standard InChI is InChI=1S/C9H14N2O2/c1-3-11-5-4-10-9(11)6-8(13)7(2)12/h4-5,7,12H,3,6H2,1-2H3. The molecule has 1 atom stereocenters. The largest absolute Gasteiger partial charge is 0.386 e. The normalized spacial score (nSPS) is 12.8. The first-order chi connectivity index (χ1) is 6.15. The fourth-order valence-electron chi connectivity index (χ4n) is 1.10. The summed E-state index contributed by atoms with van der Waals surface area (Å²) in [4.78, 5) is 15.2. The van der Waals surface area contributed by atoms with Crippen LogP contribution in [0.2, 0.25) is 0 Å². The first-order valence-corrected chi connectivity index (χ1v) is 4.36. The summed E-state index contributed by atoms with van der Waals surface area (Å²) >= 11 is 0. The maximum Gasteiger partial charge on any atom is 0.168 e. The third-order valence-corrected chi connectivity index (χ3v) is 1.94. The van der Waals surface area contributed by atoms with Crippen LogP contribution in [0, 0.1) is 0 Å². The summed E-state index contributed by atoms with van der Waals surface area (Å²) in [5.41, 5.74) is 0. The van der Waals surface area contributed by atoms with Gasteiger partial charge in [-0.3, -0.25) is 4.79 Å². The van der Waals surface area contributed by atoms with E-state index < -0.39 is 6.10 Å². The van der Waals surface area contributed by atoms with Gasteiger partial charge in [0.15, 0.2) is 5.78 Å². The molecule has 0 aliphatic heterocycles. The molecular formula is C9H14N2O2. The Hall–Kier alpha value is -1.16. The smallest absolute Gasteiger partial charge is 0.168 e. The number of rotatable bonds is 4. The number of aromatic nitrogens is 2. The van der Waals surface area contributed by atoms with Crippen LogP contribution in [-0.4, -0.2) is 26.5 Å². The number of ketones is 1. The third kappa shape index (κ3) is 2.39. The second-order valence-corrected chi connectivity index (χ2v) is 2.95. The van der Waals surface area contributed by atoms with E-state index in [9.17, 15) is 4.79 Å². The lowest BCUT2D eigenvalue weighted by atomic mass is 10.2. The molecule has 0 fully saturated rings. The average Bonchev–Trinajstić information content (AvgIpc) is 2.51. The van der Waals surface area contributed by atoms with Crippen LogP contribution in [0.25, 0.3) is 0 Å². The second kappa shape index (κ2) is 4.18. The lowest BCUT2D eigenvalue weighted by Gasteiger charge is -2.05. The third-order valence-electron chi connectivity index (χ3n) is 1.94. The number of aliphatic hydroxyl groups excluding tert-OH is 1. The van der Waals surface area contributed by atoms with Gasteiger partial charge in [-0.2, -0.15) is 0 Å². The van der Waals surface area contributed by atoms with Crippen LogP contribution in [0.1, 0.15) is 19.7 Å². The van der Waals surface area contributed by atoms with Crippen LogP contribution in [0.4, 0.5) is 0 Å². The highest BCUT2D eigenvalue weighted by Gasteiger charge is 2.12. The Labute approximate surface area is 77.2 Å². The molecule has 0 saturated carbocycles. The van der Waals surface area contributed by atoms with Crippen LogP contribution >= 0.6 is 0 Å². The van der Waals surface area contributed by atoms with Crippen molar-refractivity contribution in [2.24, 2.45) is 0 Å². The summed E-state index contributed by atoms with van der Waals surface area (Å²) in [5.74, 6) is 0.523. The molecule has 0 aliphatic rings. The number of Topliss-reactive ketones (excluding diaryl/α,β-unsaturated/α-hetero) is 1. The molecule has 0 aliphatic carbocycles. The SMILES string of the molecule is CCn1ccnc1CC(=O)C(C)O. The predicted molar refractivity (Wildman–Crippen MR) is 48.3 cm³/mol. The topological polar surface area (TPSA) is 55.1 Å². The first-order valence-electron chi connectivity index (χ1n) is 4.36. The van der Waals surface area contributed by atoms with Crippen molar-refractivity contribution in [2.45, 2.75) is 32.9 Å². The number of carbonyl (C=O) groups is 1. The number of hydrogen-bond acceptors (Lipinski definition) is 3. The lowest BCUT2D eigenvalue weighted by Crippen LogP contribution is -2.20. The molecular weight excluding hydrogens is 168 g/mol. The van der Waals surface area contributed by atoms with E-state index in [2.05, 4.69) is 4.98 Å². The van der Waals surface area contributed by atoms with Crippen molar-refractivity contribution < 1.29 is 9.90 Å². The van der Waals surface area contributed by atoms with Gasteiger partial charge in [0.25, 0.3) is 0 Å². The molecule has 1 aromatic heterocycles. The van der Waals surface area contributed by atoms with E-state index in [1.807, 2.05) is 17.7 Å². The van der Waals surface area contributed by atoms with E-state index in [0.29, 0.717) is 5.82 Å². The van der Waals surface area contributed by atoms with Gasteiger partial charge >= 0.3 is 0 Å². The number of aryl methyl sites for hydroxylation is 1. The van der Waals surface area contributed by atoms with E-state index in [-0.39, 0.29) is 12.2 Å². The second-order valence-electron chi connectivity index (χ2n) is 2.95. The minimum atomic E-state index is -0.901. The molecule has 72 valence electrons. The van der Waals surface area contributed by atoms with E-state index in [0.717, 1.165) is 6.54 Å².